The van der Waals surface area contributed by atoms with E-state index in [9.17, 15) is 0 Å². The van der Waals surface area contributed by atoms with Crippen LogP contribution in [0.25, 0.3) is 117 Å². The predicted molar refractivity (Wildman–Crippen MR) is 279 cm³/mol. The first-order valence-electron chi connectivity index (χ1n) is 23.3. The molecular formula is C56H45N13. The van der Waals surface area contributed by atoms with Crippen molar-refractivity contribution in [3.05, 3.63) is 152 Å². The summed E-state index contributed by atoms with van der Waals surface area (Å²) in [6, 6.07) is 47.4. The quantitative estimate of drug-likeness (QED) is 0.169. The van der Waals surface area contributed by atoms with Crippen LogP contribution in [0.5, 0.6) is 0 Å². The van der Waals surface area contributed by atoms with Crippen molar-refractivity contribution in [2.45, 2.75) is 52.6 Å². The number of aromatic nitrogens is 11. The number of rotatable bonds is 6. The van der Waals surface area contributed by atoms with E-state index >= 15 is 0 Å². The lowest BCUT2D eigenvalue weighted by atomic mass is 10.1. The van der Waals surface area contributed by atoms with Gasteiger partial charge in [-0.1, -0.05) is 72.8 Å². The van der Waals surface area contributed by atoms with Gasteiger partial charge in [-0.2, -0.15) is 9.97 Å². The Morgan fingerprint density at radius 2 is 0.783 bits per heavy atom. The Labute approximate surface area is 394 Å². The molecule has 0 saturated heterocycles. The molecule has 2 N–H and O–H groups in total. The molecule has 0 aliphatic rings. The Morgan fingerprint density at radius 1 is 0.406 bits per heavy atom. The average Bonchev–Trinajstić information content (AvgIpc) is 4.17. The molecule has 14 rings (SSSR count). The molecule has 7 aromatic heterocycles. The molecule has 13 heteroatoms. The first-order chi connectivity index (χ1) is 33.5. The summed E-state index contributed by atoms with van der Waals surface area (Å²) < 4.78 is 10.8. The maximum absolute atomic E-state index is 5.27. The highest BCUT2D eigenvalue weighted by molar-refractivity contribution is 6.12. The van der Waals surface area contributed by atoms with Gasteiger partial charge in [0.1, 0.15) is 19.0 Å². The highest BCUT2D eigenvalue weighted by Gasteiger charge is 2.27. The van der Waals surface area contributed by atoms with Gasteiger partial charge < -0.3 is 19.8 Å². The highest BCUT2D eigenvalue weighted by Crippen LogP contribution is 2.41. The van der Waals surface area contributed by atoms with Crippen molar-refractivity contribution in [3.63, 3.8) is 0 Å². The van der Waals surface area contributed by atoms with Gasteiger partial charge in [0.15, 0.2) is 11.6 Å². The van der Waals surface area contributed by atoms with Crippen molar-refractivity contribution in [2.75, 3.05) is 10.6 Å². The molecule has 0 aliphatic heterocycles. The number of benzene rings is 6. The van der Waals surface area contributed by atoms with Crippen LogP contribution in [0.15, 0.2) is 152 Å². The van der Waals surface area contributed by atoms with E-state index in [2.05, 4.69) is 204 Å². The third-order valence-electron chi connectivity index (χ3n) is 13.2. The van der Waals surface area contributed by atoms with Crippen molar-refractivity contribution in [1.82, 2.24) is 52.6 Å². The molecular weight excluding hydrogens is 855 g/mol. The van der Waals surface area contributed by atoms with E-state index in [1.165, 1.54) is 27.9 Å². The monoisotopic (exact) mass is 899 g/mol. The summed E-state index contributed by atoms with van der Waals surface area (Å²) in [6.07, 6.45) is 5.30. The zero-order valence-electron chi connectivity index (χ0n) is 38.9. The summed E-state index contributed by atoms with van der Waals surface area (Å²) in [5.41, 5.74) is 12.3. The van der Waals surface area contributed by atoms with Gasteiger partial charge >= 0.3 is 0 Å². The fourth-order valence-electron chi connectivity index (χ4n) is 10.7. The van der Waals surface area contributed by atoms with E-state index in [0.717, 1.165) is 83.2 Å². The smallest absolute Gasteiger partial charge is 0.240 e. The molecule has 0 saturated carbocycles. The molecule has 13 nitrogen and oxygen atoms in total. The van der Waals surface area contributed by atoms with E-state index in [1.807, 2.05) is 17.1 Å². The lowest BCUT2D eigenvalue weighted by Gasteiger charge is -2.24. The van der Waals surface area contributed by atoms with E-state index in [-0.39, 0.29) is 11.1 Å². The Balaban J connectivity index is 0.985. The number of hydrogen-bond donors (Lipinski definition) is 2. The molecule has 0 amide bonds. The third-order valence-corrected chi connectivity index (χ3v) is 13.2. The van der Waals surface area contributed by atoms with E-state index in [1.54, 1.807) is 0 Å². The summed E-state index contributed by atoms with van der Waals surface area (Å²) in [4.78, 5) is 30.2. The second-order valence-corrected chi connectivity index (χ2v) is 20.1. The number of fused-ring (bicyclic) bond motifs is 8. The fourth-order valence-corrected chi connectivity index (χ4v) is 10.7. The van der Waals surface area contributed by atoms with Crippen LogP contribution in [0.1, 0.15) is 41.5 Å². The van der Waals surface area contributed by atoms with Crippen LogP contribution in [0.3, 0.4) is 0 Å². The molecule has 0 spiro atoms. The number of hydrogen-bond acceptors (Lipinski definition) is 8. The summed E-state index contributed by atoms with van der Waals surface area (Å²) >= 11 is 0. The van der Waals surface area contributed by atoms with Crippen LogP contribution in [0.4, 0.5) is 11.4 Å². The van der Waals surface area contributed by atoms with Crippen LogP contribution in [-0.2, 0) is 0 Å². The van der Waals surface area contributed by atoms with Crippen LogP contribution in [0.2, 0.25) is 0 Å². The topological polar surface area (TPSA) is 126 Å². The van der Waals surface area contributed by atoms with Gasteiger partial charge in [-0.3, -0.25) is 9.13 Å². The Morgan fingerprint density at radius 3 is 1.16 bits per heavy atom. The Hall–Kier alpha value is -8.84. The van der Waals surface area contributed by atoms with Gasteiger partial charge in [0, 0.05) is 43.4 Å². The number of nitrogens with zero attached hydrogens (tertiary/aromatic N) is 11. The SMILES string of the molecule is CC(C)(C)Nc1cc(-n2c3ccccc3c3ccccc32)cc2ncn(-c3nc4ncnc5nc(-n6cnc7cc(-n8c9ccccc9c9ccccc98)cc(NC(C)(C)C)c76)c6ccc3c6n45)c12. The normalized spacial score (nSPS) is 12.8. The number of imidazole rings is 2. The fraction of sp³-hybridized carbons (Fsp3) is 0.143. The average molecular weight is 900 g/mol. The molecule has 0 unspecified atom stereocenters. The summed E-state index contributed by atoms with van der Waals surface area (Å²) in [5, 5.41) is 14.3. The minimum absolute atomic E-state index is 0.274. The zero-order chi connectivity index (χ0) is 46.5. The molecule has 7 heterocycles. The lowest BCUT2D eigenvalue weighted by Crippen LogP contribution is -2.26. The lowest BCUT2D eigenvalue weighted by molar-refractivity contribution is 0.634. The van der Waals surface area contributed by atoms with Crippen molar-refractivity contribution >= 4 is 105 Å². The maximum atomic E-state index is 5.27. The van der Waals surface area contributed by atoms with Gasteiger partial charge in [-0.15, -0.1) is 0 Å². The predicted octanol–water partition coefficient (Wildman–Crippen LogP) is 12.6. The molecule has 0 atom stereocenters. The minimum atomic E-state index is -0.274. The summed E-state index contributed by atoms with van der Waals surface area (Å²) in [6.45, 7) is 13.1. The first-order valence-corrected chi connectivity index (χ1v) is 23.3. The second kappa shape index (κ2) is 13.9. The molecule has 0 radical (unpaired) electrons. The first kappa shape index (κ1) is 39.3. The number of para-hydroxylation sites is 4. The zero-order valence-corrected chi connectivity index (χ0v) is 38.9. The molecule has 334 valence electrons. The van der Waals surface area contributed by atoms with Crippen LogP contribution in [0, 0.1) is 0 Å². The maximum Gasteiger partial charge on any atom is 0.240 e. The molecule has 69 heavy (non-hydrogen) atoms. The van der Waals surface area contributed by atoms with Gasteiger partial charge in [-0.25, -0.2) is 24.3 Å². The largest absolute Gasteiger partial charge is 0.379 e. The van der Waals surface area contributed by atoms with E-state index in [0.29, 0.717) is 23.2 Å². The molecule has 0 fully saturated rings. The van der Waals surface area contributed by atoms with Gasteiger partial charge in [0.2, 0.25) is 11.6 Å². The van der Waals surface area contributed by atoms with Crippen molar-refractivity contribution in [1.29, 1.82) is 0 Å². The van der Waals surface area contributed by atoms with Gasteiger partial charge in [0.05, 0.1) is 72.4 Å². The van der Waals surface area contributed by atoms with Gasteiger partial charge in [-0.05, 0) is 102 Å². The van der Waals surface area contributed by atoms with Gasteiger partial charge in [0.25, 0.3) is 0 Å². The Bertz CT molecular complexity index is 4030. The van der Waals surface area contributed by atoms with Crippen molar-refractivity contribution < 1.29 is 0 Å². The molecule has 0 bridgehead atoms. The van der Waals surface area contributed by atoms with Crippen LogP contribution < -0.4 is 10.6 Å². The molecule has 14 aromatic rings. The highest BCUT2D eigenvalue weighted by atomic mass is 15.3. The molecule has 0 aliphatic carbocycles. The van der Waals surface area contributed by atoms with Crippen molar-refractivity contribution in [3.8, 4) is 23.0 Å². The summed E-state index contributed by atoms with van der Waals surface area (Å²) in [7, 11) is 0. The standard InChI is InChI=1S/C56H45N13/c1-55(2,3)63-42-27-32(67-44-19-11-7-15-34(44)35-16-8-12-20-45(35)67)25-40-49(42)65(30-59-40)51-38-23-24-39-48(38)69-53(61-51)57-29-58-54(69)62-52(39)66-31-60-41-26-33(28-43(50(41)66)64-56(4,5)6)68-46-21-13-9-17-36(46)37-18-10-14-22-47(37)68/h7-31,63-64H,1-6H3. The van der Waals surface area contributed by atoms with Crippen LogP contribution in [-0.4, -0.2) is 63.7 Å². The van der Waals surface area contributed by atoms with Crippen LogP contribution >= 0.6 is 0 Å². The van der Waals surface area contributed by atoms with Crippen molar-refractivity contribution in [2.24, 2.45) is 0 Å². The molecule has 7 aromatic carbocycles. The summed E-state index contributed by atoms with van der Waals surface area (Å²) in [5.74, 6) is 2.36. The third kappa shape index (κ3) is 5.83. The van der Waals surface area contributed by atoms with E-state index < -0.39 is 0 Å². The minimum Gasteiger partial charge on any atom is -0.379 e. The number of nitrogens with one attached hydrogen (secondary N) is 2. The second-order valence-electron chi connectivity index (χ2n) is 20.1. The van der Waals surface area contributed by atoms with E-state index in [4.69, 9.17) is 29.9 Å². The Kier molecular flexibility index (Phi) is 7.90. The number of anilines is 2.